The molecule has 54 valence electrons. The number of rotatable bonds is 1. The van der Waals surface area contributed by atoms with Crippen LogP contribution in [0.25, 0.3) is 0 Å². The Labute approximate surface area is 57.1 Å². The van der Waals surface area contributed by atoms with Crippen molar-refractivity contribution in [3.63, 3.8) is 0 Å². The SMILES string of the molecule is Cn1cnc(C(N)=O)c1O. The minimum Gasteiger partial charge on any atom is -0.493 e. The van der Waals surface area contributed by atoms with Crippen molar-refractivity contribution >= 4 is 5.91 Å². The lowest BCUT2D eigenvalue weighted by Gasteiger charge is -1.91. The van der Waals surface area contributed by atoms with Crippen molar-refractivity contribution < 1.29 is 9.90 Å². The lowest BCUT2D eigenvalue weighted by atomic mass is 10.4. The number of amides is 1. The van der Waals surface area contributed by atoms with Gasteiger partial charge >= 0.3 is 0 Å². The van der Waals surface area contributed by atoms with E-state index in [4.69, 9.17) is 10.8 Å². The van der Waals surface area contributed by atoms with E-state index in [0.717, 1.165) is 0 Å². The molecule has 1 heterocycles. The van der Waals surface area contributed by atoms with Crippen molar-refractivity contribution in [3.05, 3.63) is 12.0 Å². The number of nitrogens with zero attached hydrogens (tertiary/aromatic N) is 2. The van der Waals surface area contributed by atoms with Gasteiger partial charge in [-0.05, 0) is 0 Å². The van der Waals surface area contributed by atoms with Gasteiger partial charge < -0.3 is 15.4 Å². The number of carbonyl (C=O) groups excluding carboxylic acids is 1. The summed E-state index contributed by atoms with van der Waals surface area (Å²) >= 11 is 0. The van der Waals surface area contributed by atoms with Crippen LogP contribution < -0.4 is 5.73 Å². The average molecular weight is 141 g/mol. The number of nitrogens with two attached hydrogens (primary N) is 1. The van der Waals surface area contributed by atoms with Gasteiger partial charge in [0, 0.05) is 7.05 Å². The van der Waals surface area contributed by atoms with E-state index in [1.54, 1.807) is 7.05 Å². The van der Waals surface area contributed by atoms with Crippen LogP contribution in [0.1, 0.15) is 10.5 Å². The highest BCUT2D eigenvalue weighted by atomic mass is 16.3. The molecule has 0 saturated heterocycles. The van der Waals surface area contributed by atoms with Crippen molar-refractivity contribution in [2.24, 2.45) is 12.8 Å². The fourth-order valence-electron chi connectivity index (χ4n) is 0.598. The Morgan fingerprint density at radius 3 is 2.70 bits per heavy atom. The normalized spacial score (nSPS) is 9.70. The number of carbonyl (C=O) groups is 1. The Kier molecular flexibility index (Phi) is 1.33. The number of aryl methyl sites for hydroxylation is 1. The van der Waals surface area contributed by atoms with Crippen LogP contribution >= 0.6 is 0 Å². The summed E-state index contributed by atoms with van der Waals surface area (Å²) < 4.78 is 1.31. The van der Waals surface area contributed by atoms with Gasteiger partial charge in [0.2, 0.25) is 5.88 Å². The first kappa shape index (κ1) is 6.60. The molecule has 0 unspecified atom stereocenters. The van der Waals surface area contributed by atoms with Gasteiger partial charge in [-0.3, -0.25) is 4.79 Å². The second kappa shape index (κ2) is 2.02. The lowest BCUT2D eigenvalue weighted by molar-refractivity contribution is 0.0993. The van der Waals surface area contributed by atoms with Crippen LogP contribution in [0.5, 0.6) is 5.88 Å². The number of aromatic nitrogens is 2. The van der Waals surface area contributed by atoms with Gasteiger partial charge in [0.15, 0.2) is 5.69 Å². The first-order chi connectivity index (χ1) is 4.63. The van der Waals surface area contributed by atoms with E-state index in [-0.39, 0.29) is 11.6 Å². The maximum Gasteiger partial charge on any atom is 0.272 e. The summed E-state index contributed by atoms with van der Waals surface area (Å²) in [4.78, 5) is 14.0. The molecule has 5 heteroatoms. The molecule has 1 rings (SSSR count). The maximum absolute atomic E-state index is 10.4. The number of hydrogen-bond acceptors (Lipinski definition) is 3. The molecule has 0 atom stereocenters. The van der Waals surface area contributed by atoms with E-state index >= 15 is 0 Å². The Balaban J connectivity index is 3.17. The molecule has 0 aromatic carbocycles. The van der Waals surface area contributed by atoms with Crippen molar-refractivity contribution in [2.75, 3.05) is 0 Å². The number of aromatic hydroxyl groups is 1. The molecule has 0 radical (unpaired) electrons. The van der Waals surface area contributed by atoms with Gasteiger partial charge in [0.25, 0.3) is 5.91 Å². The second-order valence-corrected chi connectivity index (χ2v) is 1.89. The van der Waals surface area contributed by atoms with E-state index < -0.39 is 5.91 Å². The molecule has 0 bridgehead atoms. The van der Waals surface area contributed by atoms with Crippen LogP contribution in [0.15, 0.2) is 6.33 Å². The van der Waals surface area contributed by atoms with Crippen LogP contribution in [-0.2, 0) is 7.05 Å². The van der Waals surface area contributed by atoms with Crippen LogP contribution in [0, 0.1) is 0 Å². The molecule has 1 aromatic heterocycles. The molecule has 3 N–H and O–H groups in total. The molecule has 1 amide bonds. The number of primary amides is 1. The molecule has 1 aromatic rings. The fraction of sp³-hybridized carbons (Fsp3) is 0.200. The van der Waals surface area contributed by atoms with Gasteiger partial charge in [-0.15, -0.1) is 0 Å². The highest BCUT2D eigenvalue weighted by Crippen LogP contribution is 2.11. The highest BCUT2D eigenvalue weighted by molar-refractivity contribution is 5.92. The van der Waals surface area contributed by atoms with Crippen LogP contribution in [0.3, 0.4) is 0 Å². The zero-order valence-electron chi connectivity index (χ0n) is 5.40. The molecule has 0 spiro atoms. The Morgan fingerprint density at radius 1 is 1.90 bits per heavy atom. The van der Waals surface area contributed by atoms with Gasteiger partial charge in [0.1, 0.15) is 0 Å². The van der Waals surface area contributed by atoms with Gasteiger partial charge in [-0.2, -0.15) is 0 Å². The molecule has 0 fully saturated rings. The van der Waals surface area contributed by atoms with Gasteiger partial charge in [0.05, 0.1) is 6.33 Å². The second-order valence-electron chi connectivity index (χ2n) is 1.89. The largest absolute Gasteiger partial charge is 0.493 e. The molecule has 0 aliphatic heterocycles. The third-order valence-electron chi connectivity index (χ3n) is 1.14. The molecule has 0 aliphatic rings. The maximum atomic E-state index is 10.4. The summed E-state index contributed by atoms with van der Waals surface area (Å²) in [6.45, 7) is 0. The minimum absolute atomic E-state index is 0.0949. The topological polar surface area (TPSA) is 81.1 Å². The summed E-state index contributed by atoms with van der Waals surface area (Å²) in [5.41, 5.74) is 4.76. The molecule has 0 saturated carbocycles. The smallest absolute Gasteiger partial charge is 0.272 e. The minimum atomic E-state index is -0.724. The molecule has 10 heavy (non-hydrogen) atoms. The third kappa shape index (κ3) is 0.812. The summed E-state index contributed by atoms with van der Waals surface area (Å²) in [6.07, 6.45) is 1.31. The molecule has 0 aliphatic carbocycles. The predicted octanol–water partition coefficient (Wildman–Crippen LogP) is -0.775. The fourth-order valence-corrected chi connectivity index (χ4v) is 0.598. The Hall–Kier alpha value is -1.52. The average Bonchev–Trinajstić information content (AvgIpc) is 2.14. The quantitative estimate of drug-likeness (QED) is 0.538. The number of imidazole rings is 1. The summed E-state index contributed by atoms with van der Waals surface area (Å²) in [5.74, 6) is -0.925. The lowest BCUT2D eigenvalue weighted by Crippen LogP contribution is -2.11. The van der Waals surface area contributed by atoms with E-state index in [1.165, 1.54) is 10.9 Å². The van der Waals surface area contributed by atoms with E-state index in [2.05, 4.69) is 4.98 Å². The first-order valence-electron chi connectivity index (χ1n) is 2.63. The predicted molar refractivity (Wildman–Crippen MR) is 33.4 cm³/mol. The van der Waals surface area contributed by atoms with Crippen LogP contribution in [0.2, 0.25) is 0 Å². The Morgan fingerprint density at radius 2 is 2.50 bits per heavy atom. The van der Waals surface area contributed by atoms with Crippen molar-refractivity contribution in [2.45, 2.75) is 0 Å². The van der Waals surface area contributed by atoms with Crippen LogP contribution in [-0.4, -0.2) is 20.6 Å². The van der Waals surface area contributed by atoms with Crippen molar-refractivity contribution in [1.29, 1.82) is 0 Å². The van der Waals surface area contributed by atoms with E-state index in [9.17, 15) is 4.79 Å². The third-order valence-corrected chi connectivity index (χ3v) is 1.14. The van der Waals surface area contributed by atoms with Crippen molar-refractivity contribution in [1.82, 2.24) is 9.55 Å². The van der Waals surface area contributed by atoms with E-state index in [1.807, 2.05) is 0 Å². The summed E-state index contributed by atoms with van der Waals surface area (Å²) in [7, 11) is 1.56. The zero-order valence-corrected chi connectivity index (χ0v) is 5.40. The highest BCUT2D eigenvalue weighted by Gasteiger charge is 2.11. The summed E-state index contributed by atoms with van der Waals surface area (Å²) in [6, 6.07) is 0. The molecular weight excluding hydrogens is 134 g/mol. The van der Waals surface area contributed by atoms with Gasteiger partial charge in [-0.25, -0.2) is 4.98 Å². The molecule has 5 nitrogen and oxygen atoms in total. The standard InChI is InChI=1S/C5H7N3O2/c1-8-2-7-3(4(6)9)5(8)10/h2,10H,1H3,(H2,6,9). The van der Waals surface area contributed by atoms with Gasteiger partial charge in [-0.1, -0.05) is 0 Å². The molecular formula is C5H7N3O2. The Bertz CT molecular complexity index is 266. The number of hydrogen-bond donors (Lipinski definition) is 2. The first-order valence-corrected chi connectivity index (χ1v) is 2.63. The zero-order chi connectivity index (χ0) is 7.72. The van der Waals surface area contributed by atoms with Crippen LogP contribution in [0.4, 0.5) is 0 Å². The van der Waals surface area contributed by atoms with E-state index in [0.29, 0.717) is 0 Å². The summed E-state index contributed by atoms with van der Waals surface area (Å²) in [5, 5.41) is 9.01. The monoisotopic (exact) mass is 141 g/mol. The van der Waals surface area contributed by atoms with Crippen molar-refractivity contribution in [3.8, 4) is 5.88 Å².